The molecule has 0 radical (unpaired) electrons. The number of piperazine rings is 1. The van der Waals surface area contributed by atoms with E-state index in [4.69, 9.17) is 4.74 Å². The Bertz CT molecular complexity index is 445. The van der Waals surface area contributed by atoms with Crippen LogP contribution in [0.25, 0.3) is 0 Å². The van der Waals surface area contributed by atoms with Crippen molar-refractivity contribution in [2.75, 3.05) is 46.9 Å². The monoisotopic (exact) mass is 278 g/mol. The summed E-state index contributed by atoms with van der Waals surface area (Å²) >= 11 is 0. The fourth-order valence-corrected chi connectivity index (χ4v) is 2.21. The number of carbonyl (C=O) groups is 1. The molecule has 0 aliphatic carbocycles. The Morgan fingerprint density at radius 2 is 2.15 bits per heavy atom. The number of carbonyl (C=O) groups excluding carboxylic acids is 1. The summed E-state index contributed by atoms with van der Waals surface area (Å²) in [5, 5.41) is 3.16. The Morgan fingerprint density at radius 1 is 1.40 bits per heavy atom. The first-order valence-corrected chi connectivity index (χ1v) is 6.85. The summed E-state index contributed by atoms with van der Waals surface area (Å²) < 4.78 is 5.18. The summed E-state index contributed by atoms with van der Waals surface area (Å²) in [4.78, 5) is 20.3. The number of hydrogen-bond donors (Lipinski definition) is 1. The minimum absolute atomic E-state index is 0.154. The van der Waals surface area contributed by atoms with Gasteiger partial charge in [-0.15, -0.1) is 0 Å². The smallest absolute Gasteiger partial charge is 0.236 e. The van der Waals surface area contributed by atoms with Crippen LogP contribution in [0.2, 0.25) is 0 Å². The number of aromatic nitrogens is 1. The van der Waals surface area contributed by atoms with E-state index in [9.17, 15) is 4.79 Å². The molecular formula is C14H22N4O2. The molecule has 6 heteroatoms. The van der Waals surface area contributed by atoms with Gasteiger partial charge in [0.2, 0.25) is 11.8 Å². The third kappa shape index (κ3) is 3.91. The molecule has 110 valence electrons. The fraction of sp³-hybridized carbons (Fsp3) is 0.571. The van der Waals surface area contributed by atoms with E-state index in [0.29, 0.717) is 19.0 Å². The van der Waals surface area contributed by atoms with Gasteiger partial charge < -0.3 is 19.9 Å². The molecule has 0 saturated carbocycles. The second-order valence-corrected chi connectivity index (χ2v) is 4.96. The SMILES string of the molecule is COc1ncccc1CNCC(=O)N1CCN(C)CC1. The fourth-order valence-electron chi connectivity index (χ4n) is 2.21. The molecule has 1 aromatic heterocycles. The van der Waals surface area contributed by atoms with Crippen LogP contribution in [0.4, 0.5) is 0 Å². The van der Waals surface area contributed by atoms with Gasteiger partial charge in [0, 0.05) is 44.5 Å². The van der Waals surface area contributed by atoms with E-state index < -0.39 is 0 Å². The second-order valence-electron chi connectivity index (χ2n) is 4.96. The van der Waals surface area contributed by atoms with E-state index >= 15 is 0 Å². The highest BCUT2D eigenvalue weighted by molar-refractivity contribution is 5.78. The van der Waals surface area contributed by atoms with Crippen molar-refractivity contribution in [3.63, 3.8) is 0 Å². The predicted molar refractivity (Wildman–Crippen MR) is 76.6 cm³/mol. The molecule has 20 heavy (non-hydrogen) atoms. The molecule has 2 heterocycles. The zero-order valence-electron chi connectivity index (χ0n) is 12.1. The number of nitrogens with one attached hydrogen (secondary N) is 1. The molecule has 6 nitrogen and oxygen atoms in total. The molecule has 1 fully saturated rings. The highest BCUT2D eigenvalue weighted by Gasteiger charge is 2.18. The molecule has 1 saturated heterocycles. The summed E-state index contributed by atoms with van der Waals surface area (Å²) in [7, 11) is 3.68. The topological polar surface area (TPSA) is 57.7 Å². The highest BCUT2D eigenvalue weighted by atomic mass is 16.5. The Kier molecular flexibility index (Phi) is 5.31. The Morgan fingerprint density at radius 3 is 2.85 bits per heavy atom. The van der Waals surface area contributed by atoms with Crippen molar-refractivity contribution in [2.24, 2.45) is 0 Å². The van der Waals surface area contributed by atoms with E-state index in [1.165, 1.54) is 0 Å². The number of likely N-dealkylation sites (N-methyl/N-ethyl adjacent to an activating group) is 1. The molecule has 1 aliphatic rings. The van der Waals surface area contributed by atoms with Gasteiger partial charge in [-0.05, 0) is 13.1 Å². The third-order valence-electron chi connectivity index (χ3n) is 3.49. The van der Waals surface area contributed by atoms with E-state index in [1.807, 2.05) is 17.0 Å². The summed E-state index contributed by atoms with van der Waals surface area (Å²) in [6.07, 6.45) is 1.69. The Hall–Kier alpha value is -1.66. The lowest BCUT2D eigenvalue weighted by molar-refractivity contribution is -0.131. The number of ether oxygens (including phenoxy) is 1. The van der Waals surface area contributed by atoms with Gasteiger partial charge >= 0.3 is 0 Å². The van der Waals surface area contributed by atoms with Gasteiger partial charge in [-0.2, -0.15) is 0 Å². The maximum atomic E-state index is 12.0. The first kappa shape index (κ1) is 14.7. The molecule has 1 aliphatic heterocycles. The van der Waals surface area contributed by atoms with Gasteiger partial charge in [-0.3, -0.25) is 4.79 Å². The Balaban J connectivity index is 1.76. The number of rotatable bonds is 5. The van der Waals surface area contributed by atoms with Crippen LogP contribution in [0.5, 0.6) is 5.88 Å². The number of amides is 1. The standard InChI is InChI=1S/C14H22N4O2/c1-17-6-8-18(9-7-17)13(19)11-15-10-12-4-3-5-16-14(12)20-2/h3-5,15H,6-11H2,1-2H3. The van der Waals surface area contributed by atoms with Crippen molar-refractivity contribution in [3.05, 3.63) is 23.9 Å². The van der Waals surface area contributed by atoms with Crippen LogP contribution in [-0.4, -0.2) is 67.6 Å². The molecule has 2 rings (SSSR count). The molecule has 1 N–H and O–H groups in total. The number of nitrogens with zero attached hydrogens (tertiary/aromatic N) is 3. The summed E-state index contributed by atoms with van der Waals surface area (Å²) in [5.41, 5.74) is 0.959. The quantitative estimate of drug-likeness (QED) is 0.818. The minimum Gasteiger partial charge on any atom is -0.481 e. The van der Waals surface area contributed by atoms with Crippen LogP contribution in [0.15, 0.2) is 18.3 Å². The van der Waals surface area contributed by atoms with Crippen LogP contribution in [0.1, 0.15) is 5.56 Å². The van der Waals surface area contributed by atoms with Crippen LogP contribution in [0, 0.1) is 0 Å². The molecule has 1 amide bonds. The molecular weight excluding hydrogens is 256 g/mol. The maximum Gasteiger partial charge on any atom is 0.236 e. The van der Waals surface area contributed by atoms with Crippen LogP contribution in [-0.2, 0) is 11.3 Å². The zero-order valence-corrected chi connectivity index (χ0v) is 12.1. The normalized spacial score (nSPS) is 16.2. The van der Waals surface area contributed by atoms with Crippen LogP contribution < -0.4 is 10.1 Å². The average molecular weight is 278 g/mol. The Labute approximate surface area is 119 Å². The van der Waals surface area contributed by atoms with Gasteiger partial charge in [0.05, 0.1) is 13.7 Å². The lowest BCUT2D eigenvalue weighted by Crippen LogP contribution is -2.49. The first-order chi connectivity index (χ1) is 9.70. The van der Waals surface area contributed by atoms with Crippen molar-refractivity contribution >= 4 is 5.91 Å². The number of hydrogen-bond acceptors (Lipinski definition) is 5. The van der Waals surface area contributed by atoms with Gasteiger partial charge in [-0.1, -0.05) is 6.07 Å². The van der Waals surface area contributed by atoms with E-state index in [-0.39, 0.29) is 5.91 Å². The molecule has 0 spiro atoms. The summed E-state index contributed by atoms with van der Waals surface area (Å²) in [5.74, 6) is 0.757. The van der Waals surface area contributed by atoms with Gasteiger partial charge in [-0.25, -0.2) is 4.98 Å². The van der Waals surface area contributed by atoms with E-state index in [2.05, 4.69) is 22.2 Å². The van der Waals surface area contributed by atoms with Crippen molar-refractivity contribution in [1.29, 1.82) is 0 Å². The summed E-state index contributed by atoms with van der Waals surface area (Å²) in [6.45, 7) is 4.45. The van der Waals surface area contributed by atoms with E-state index in [1.54, 1.807) is 13.3 Å². The first-order valence-electron chi connectivity index (χ1n) is 6.85. The number of methoxy groups -OCH3 is 1. The molecule has 0 unspecified atom stereocenters. The van der Waals surface area contributed by atoms with Crippen molar-refractivity contribution < 1.29 is 9.53 Å². The maximum absolute atomic E-state index is 12.0. The van der Waals surface area contributed by atoms with Crippen molar-refractivity contribution in [3.8, 4) is 5.88 Å². The largest absolute Gasteiger partial charge is 0.481 e. The molecule has 0 aromatic carbocycles. The third-order valence-corrected chi connectivity index (χ3v) is 3.49. The highest BCUT2D eigenvalue weighted by Crippen LogP contribution is 2.12. The number of pyridine rings is 1. The molecule has 1 aromatic rings. The summed E-state index contributed by atoms with van der Waals surface area (Å²) in [6, 6.07) is 3.81. The molecule has 0 bridgehead atoms. The van der Waals surface area contributed by atoms with Gasteiger partial charge in [0.25, 0.3) is 0 Å². The lowest BCUT2D eigenvalue weighted by atomic mass is 10.2. The van der Waals surface area contributed by atoms with Crippen molar-refractivity contribution in [1.82, 2.24) is 20.1 Å². The molecule has 0 atom stereocenters. The van der Waals surface area contributed by atoms with Crippen molar-refractivity contribution in [2.45, 2.75) is 6.54 Å². The zero-order chi connectivity index (χ0) is 14.4. The van der Waals surface area contributed by atoms with Crippen LogP contribution >= 0.6 is 0 Å². The lowest BCUT2D eigenvalue weighted by Gasteiger charge is -2.32. The minimum atomic E-state index is 0.154. The van der Waals surface area contributed by atoms with Gasteiger partial charge in [0.1, 0.15) is 0 Å². The average Bonchev–Trinajstić information content (AvgIpc) is 2.48. The predicted octanol–water partition coefficient (Wildman–Crippen LogP) is -0.0462. The van der Waals surface area contributed by atoms with E-state index in [0.717, 1.165) is 31.7 Å². The second kappa shape index (κ2) is 7.21. The van der Waals surface area contributed by atoms with Crippen LogP contribution in [0.3, 0.4) is 0 Å². The van der Waals surface area contributed by atoms with Gasteiger partial charge in [0.15, 0.2) is 0 Å².